The minimum atomic E-state index is -0.0160. The van der Waals surface area contributed by atoms with Crippen molar-refractivity contribution in [3.63, 3.8) is 0 Å². The maximum atomic E-state index is 6.17. The number of nitrogens with zero attached hydrogens (tertiary/aromatic N) is 7. The molecule has 37 heavy (non-hydrogen) atoms. The Bertz CT molecular complexity index is 1530. The van der Waals surface area contributed by atoms with Gasteiger partial charge in [0.2, 0.25) is 5.28 Å². The van der Waals surface area contributed by atoms with E-state index in [-0.39, 0.29) is 11.0 Å². The second kappa shape index (κ2) is 7.53. The lowest BCUT2D eigenvalue weighted by molar-refractivity contribution is -0.0715. The van der Waals surface area contributed by atoms with Crippen LogP contribution in [0, 0.1) is 23.2 Å². The van der Waals surface area contributed by atoms with Crippen molar-refractivity contribution in [1.29, 1.82) is 0 Å². The molecule has 0 N–H and O–H groups in total. The Labute approximate surface area is 226 Å². The van der Waals surface area contributed by atoms with Gasteiger partial charge in [-0.2, -0.15) is 0 Å². The standard InChI is InChI=1S/C28H34ClN7S/c1-4-26(2,3)18-5-6-19-20(8-18)37-23-21(19)22-32-24(33-35(22)14-30-23)27-9-16-7-17(10-27)12-28(11-16,13-27)36-15-31-25(29)34-36/h14-18H,4-13H2,1-3H3/t16-,17-,18-,27?,28?/m0/s1. The number of thiophene rings is 1. The van der Waals surface area contributed by atoms with E-state index in [0.717, 1.165) is 47.9 Å². The lowest BCUT2D eigenvalue weighted by atomic mass is 9.46. The van der Waals surface area contributed by atoms with Crippen molar-refractivity contribution in [2.24, 2.45) is 23.2 Å². The number of aromatic nitrogens is 7. The summed E-state index contributed by atoms with van der Waals surface area (Å²) in [7, 11) is 0. The Morgan fingerprint density at radius 1 is 1.11 bits per heavy atom. The van der Waals surface area contributed by atoms with Gasteiger partial charge in [-0.05, 0) is 98.1 Å². The lowest BCUT2D eigenvalue weighted by Gasteiger charge is -2.60. The van der Waals surface area contributed by atoms with Crippen molar-refractivity contribution in [2.45, 2.75) is 95.9 Å². The molecular formula is C28H34ClN7S. The summed E-state index contributed by atoms with van der Waals surface area (Å²) in [6.07, 6.45) is 15.5. The molecule has 4 bridgehead atoms. The summed E-state index contributed by atoms with van der Waals surface area (Å²) in [5.74, 6) is 3.12. The van der Waals surface area contributed by atoms with Crippen LogP contribution in [0.3, 0.4) is 0 Å². The first-order chi connectivity index (χ1) is 17.8. The van der Waals surface area contributed by atoms with E-state index in [0.29, 0.717) is 22.5 Å². The molecule has 0 amide bonds. The topological polar surface area (TPSA) is 73.8 Å². The van der Waals surface area contributed by atoms with Crippen molar-refractivity contribution >= 4 is 38.8 Å². The van der Waals surface area contributed by atoms with E-state index < -0.39 is 0 Å². The quantitative estimate of drug-likeness (QED) is 0.303. The second-order valence-corrected chi connectivity index (χ2v) is 14.8. The number of hydrogen-bond donors (Lipinski definition) is 0. The summed E-state index contributed by atoms with van der Waals surface area (Å²) in [4.78, 5) is 17.2. The van der Waals surface area contributed by atoms with Gasteiger partial charge >= 0.3 is 0 Å². The van der Waals surface area contributed by atoms with Gasteiger partial charge in [0, 0.05) is 10.3 Å². The third-order valence-electron chi connectivity index (χ3n) is 10.9. The second-order valence-electron chi connectivity index (χ2n) is 13.3. The van der Waals surface area contributed by atoms with Crippen LogP contribution in [0.2, 0.25) is 5.28 Å². The highest BCUT2D eigenvalue weighted by Crippen LogP contribution is 2.64. The Kier molecular flexibility index (Phi) is 4.66. The third-order valence-corrected chi connectivity index (χ3v) is 12.2. The van der Waals surface area contributed by atoms with Crippen molar-refractivity contribution in [3.05, 3.63) is 34.2 Å². The van der Waals surface area contributed by atoms with Crippen LogP contribution in [-0.4, -0.2) is 34.3 Å². The molecule has 0 unspecified atom stereocenters. The first kappa shape index (κ1) is 22.9. The molecule has 4 aromatic rings. The maximum absolute atomic E-state index is 6.17. The molecule has 4 fully saturated rings. The summed E-state index contributed by atoms with van der Waals surface area (Å²) in [6, 6.07) is 0. The zero-order chi connectivity index (χ0) is 25.2. The average molecular weight is 536 g/mol. The summed E-state index contributed by atoms with van der Waals surface area (Å²) >= 11 is 8.06. The monoisotopic (exact) mass is 535 g/mol. The fraction of sp³-hybridized carbons (Fsp3) is 0.679. The third kappa shape index (κ3) is 3.20. The zero-order valence-electron chi connectivity index (χ0n) is 21.9. The minimum Gasteiger partial charge on any atom is -0.245 e. The SMILES string of the molecule is CCC(C)(C)[C@H]1CCc2c(sc3ncn4nc(C56C[C@@H]7C[C@@H](C5)CC(n5cnc(Cl)n5)(C7)C6)nc4c23)C1. The van der Waals surface area contributed by atoms with Gasteiger partial charge in [-0.25, -0.2) is 24.1 Å². The Morgan fingerprint density at radius 3 is 2.65 bits per heavy atom. The summed E-state index contributed by atoms with van der Waals surface area (Å²) in [5.41, 5.74) is 2.85. The number of halogens is 1. The van der Waals surface area contributed by atoms with Crippen LogP contribution in [-0.2, 0) is 23.8 Å². The molecule has 4 heterocycles. The minimum absolute atomic E-state index is 0.00676. The van der Waals surface area contributed by atoms with Gasteiger partial charge in [0.25, 0.3) is 0 Å². The molecule has 0 spiro atoms. The van der Waals surface area contributed by atoms with Gasteiger partial charge in [0.15, 0.2) is 11.5 Å². The van der Waals surface area contributed by atoms with Crippen LogP contribution < -0.4 is 0 Å². The summed E-state index contributed by atoms with van der Waals surface area (Å²) in [5, 5.41) is 11.4. The van der Waals surface area contributed by atoms with Crippen LogP contribution in [0.15, 0.2) is 12.7 Å². The lowest BCUT2D eigenvalue weighted by Crippen LogP contribution is -2.58. The van der Waals surface area contributed by atoms with E-state index in [1.54, 1.807) is 0 Å². The van der Waals surface area contributed by atoms with Crippen molar-refractivity contribution < 1.29 is 0 Å². The van der Waals surface area contributed by atoms with Gasteiger partial charge in [-0.1, -0.05) is 27.2 Å². The number of hydrogen-bond acceptors (Lipinski definition) is 6. The smallest absolute Gasteiger partial charge is 0.242 e. The summed E-state index contributed by atoms with van der Waals surface area (Å²) in [6.45, 7) is 7.20. The normalized spacial score (nSPS) is 33.0. The van der Waals surface area contributed by atoms with E-state index >= 15 is 0 Å². The Morgan fingerprint density at radius 2 is 1.92 bits per heavy atom. The molecular weight excluding hydrogens is 502 g/mol. The first-order valence-electron chi connectivity index (χ1n) is 14.0. The van der Waals surface area contributed by atoms with Crippen LogP contribution in [0.4, 0.5) is 0 Å². The Hall–Kier alpha value is -2.06. The fourth-order valence-corrected chi connectivity index (χ4v) is 10.4. The molecule has 9 rings (SSSR count). The molecule has 4 saturated carbocycles. The molecule has 0 radical (unpaired) electrons. The first-order valence-corrected chi connectivity index (χ1v) is 15.2. The van der Waals surface area contributed by atoms with E-state index in [1.165, 1.54) is 54.4 Å². The highest BCUT2D eigenvalue weighted by atomic mass is 35.5. The van der Waals surface area contributed by atoms with Crippen molar-refractivity contribution in [1.82, 2.24) is 34.3 Å². The number of fused-ring (bicyclic) bond motifs is 5. The van der Waals surface area contributed by atoms with Crippen molar-refractivity contribution in [2.75, 3.05) is 0 Å². The van der Waals surface area contributed by atoms with Crippen LogP contribution in [0.25, 0.3) is 15.9 Å². The van der Waals surface area contributed by atoms with Gasteiger partial charge < -0.3 is 0 Å². The van der Waals surface area contributed by atoms with Gasteiger partial charge in [0.1, 0.15) is 17.5 Å². The number of aryl methyl sites for hydroxylation is 1. The molecule has 9 heteroatoms. The molecule has 7 nitrogen and oxygen atoms in total. The highest BCUT2D eigenvalue weighted by Gasteiger charge is 2.61. The van der Waals surface area contributed by atoms with Gasteiger partial charge in [0.05, 0.1) is 10.9 Å². The van der Waals surface area contributed by atoms with E-state index in [1.807, 2.05) is 28.5 Å². The highest BCUT2D eigenvalue weighted by molar-refractivity contribution is 7.19. The molecule has 0 saturated heterocycles. The molecule has 5 aliphatic rings. The fourth-order valence-electron chi connectivity index (χ4n) is 8.97. The predicted octanol–water partition coefficient (Wildman–Crippen LogP) is 6.37. The van der Waals surface area contributed by atoms with Crippen LogP contribution in [0.1, 0.15) is 88.4 Å². The number of rotatable bonds is 4. The van der Waals surface area contributed by atoms with E-state index in [9.17, 15) is 0 Å². The summed E-state index contributed by atoms with van der Waals surface area (Å²) < 4.78 is 4.06. The predicted molar refractivity (Wildman–Crippen MR) is 145 cm³/mol. The van der Waals surface area contributed by atoms with E-state index in [4.69, 9.17) is 26.7 Å². The Balaban J connectivity index is 1.22. The zero-order valence-corrected chi connectivity index (χ0v) is 23.4. The largest absolute Gasteiger partial charge is 0.245 e. The molecule has 194 valence electrons. The van der Waals surface area contributed by atoms with E-state index in [2.05, 4.69) is 35.5 Å². The molecule has 4 aromatic heterocycles. The van der Waals surface area contributed by atoms with Gasteiger partial charge in [-0.3, -0.25) is 0 Å². The van der Waals surface area contributed by atoms with Crippen LogP contribution >= 0.6 is 22.9 Å². The van der Waals surface area contributed by atoms with Crippen LogP contribution in [0.5, 0.6) is 0 Å². The molecule has 0 aromatic carbocycles. The molecule has 0 aliphatic heterocycles. The van der Waals surface area contributed by atoms with Crippen molar-refractivity contribution in [3.8, 4) is 0 Å². The van der Waals surface area contributed by atoms with Gasteiger partial charge in [-0.15, -0.1) is 21.5 Å². The molecule has 5 aliphatic carbocycles. The average Bonchev–Trinajstić information content (AvgIpc) is 3.59. The maximum Gasteiger partial charge on any atom is 0.242 e. The molecule has 3 atom stereocenters.